The lowest BCUT2D eigenvalue weighted by molar-refractivity contribution is -0.139. The van der Waals surface area contributed by atoms with Crippen molar-refractivity contribution in [3.05, 3.63) is 0 Å². The van der Waals surface area contributed by atoms with Crippen LogP contribution in [0.3, 0.4) is 0 Å². The summed E-state index contributed by atoms with van der Waals surface area (Å²) in [5.41, 5.74) is 0. The number of rotatable bonds is 8. The Morgan fingerprint density at radius 3 is 2.40 bits per heavy atom. The average Bonchev–Trinajstić information content (AvgIpc) is 3.17. The fourth-order valence-electron chi connectivity index (χ4n) is 1.68. The summed E-state index contributed by atoms with van der Waals surface area (Å²) in [5, 5.41) is 16.6. The highest BCUT2D eigenvalue weighted by atomic mass is 16.4. The van der Waals surface area contributed by atoms with Gasteiger partial charge in [0.25, 0.3) is 0 Å². The van der Waals surface area contributed by atoms with Crippen LogP contribution in [-0.2, 0) is 9.59 Å². The first kappa shape index (κ1) is 16.3. The van der Waals surface area contributed by atoms with Crippen molar-refractivity contribution in [2.45, 2.75) is 64.1 Å². The molecule has 0 bridgehead atoms. The molecule has 0 aliphatic heterocycles. The summed E-state index contributed by atoms with van der Waals surface area (Å²) in [6, 6.07) is -2.01. The van der Waals surface area contributed by atoms with Gasteiger partial charge in [0.1, 0.15) is 12.1 Å². The average molecular weight is 285 g/mol. The van der Waals surface area contributed by atoms with Crippen LogP contribution in [0.1, 0.15) is 46.0 Å². The zero-order chi connectivity index (χ0) is 15.1. The highest BCUT2D eigenvalue weighted by Crippen LogP contribution is 2.18. The van der Waals surface area contributed by atoms with Crippen molar-refractivity contribution in [3.8, 4) is 0 Å². The molecule has 1 unspecified atom stereocenters. The van der Waals surface area contributed by atoms with Crippen LogP contribution in [0.15, 0.2) is 0 Å². The Kier molecular flexibility index (Phi) is 6.27. The maximum Gasteiger partial charge on any atom is 0.326 e. The van der Waals surface area contributed by atoms with Crippen LogP contribution in [0.25, 0.3) is 0 Å². The molecule has 7 heteroatoms. The summed E-state index contributed by atoms with van der Waals surface area (Å²) >= 11 is 0. The maximum absolute atomic E-state index is 11.7. The van der Waals surface area contributed by atoms with Gasteiger partial charge in [0.2, 0.25) is 5.91 Å². The van der Waals surface area contributed by atoms with Gasteiger partial charge in [0.15, 0.2) is 0 Å². The van der Waals surface area contributed by atoms with Gasteiger partial charge in [-0.3, -0.25) is 4.79 Å². The molecule has 114 valence electrons. The van der Waals surface area contributed by atoms with Gasteiger partial charge in [0, 0.05) is 6.04 Å². The van der Waals surface area contributed by atoms with E-state index in [0.717, 1.165) is 25.7 Å². The number of hydrogen-bond donors (Lipinski definition) is 4. The first-order valence-electron chi connectivity index (χ1n) is 7.04. The predicted octanol–water partition coefficient (Wildman–Crippen LogP) is 0.596. The molecule has 0 radical (unpaired) electrons. The van der Waals surface area contributed by atoms with Crippen LogP contribution in [0, 0.1) is 0 Å². The Bertz CT molecular complexity index is 369. The Hall–Kier alpha value is -1.79. The molecular weight excluding hydrogens is 262 g/mol. The van der Waals surface area contributed by atoms with E-state index in [1.54, 1.807) is 6.92 Å². The molecule has 1 aliphatic carbocycles. The number of aliphatic carboxylic acids is 1. The SMILES string of the molecule is CCCC[C@H](NC(=O)NC(C)C(=O)NC1CC1)C(=O)O. The summed E-state index contributed by atoms with van der Waals surface area (Å²) in [4.78, 5) is 34.3. The van der Waals surface area contributed by atoms with E-state index in [9.17, 15) is 14.4 Å². The molecule has 20 heavy (non-hydrogen) atoms. The minimum absolute atomic E-state index is 0.228. The third-order valence-corrected chi connectivity index (χ3v) is 3.11. The Labute approximate surface area is 118 Å². The smallest absolute Gasteiger partial charge is 0.326 e. The summed E-state index contributed by atoms with van der Waals surface area (Å²) in [6.07, 6.45) is 3.90. The van der Waals surface area contributed by atoms with E-state index in [2.05, 4.69) is 16.0 Å². The molecule has 0 aromatic rings. The predicted molar refractivity (Wildman–Crippen MR) is 73.2 cm³/mol. The Morgan fingerprint density at radius 1 is 1.25 bits per heavy atom. The highest BCUT2D eigenvalue weighted by Gasteiger charge is 2.27. The summed E-state index contributed by atoms with van der Waals surface area (Å²) in [7, 11) is 0. The van der Waals surface area contributed by atoms with Gasteiger partial charge in [-0.1, -0.05) is 19.8 Å². The van der Waals surface area contributed by atoms with Crippen molar-refractivity contribution >= 4 is 17.9 Å². The van der Waals surface area contributed by atoms with Crippen LogP contribution in [0.2, 0.25) is 0 Å². The molecule has 2 atom stereocenters. The minimum Gasteiger partial charge on any atom is -0.480 e. The number of carbonyl (C=O) groups excluding carboxylic acids is 2. The monoisotopic (exact) mass is 285 g/mol. The number of nitrogens with one attached hydrogen (secondary N) is 3. The number of amides is 3. The van der Waals surface area contributed by atoms with Gasteiger partial charge >= 0.3 is 12.0 Å². The van der Waals surface area contributed by atoms with E-state index in [0.29, 0.717) is 6.42 Å². The molecule has 0 saturated heterocycles. The van der Waals surface area contributed by atoms with Gasteiger partial charge in [-0.25, -0.2) is 9.59 Å². The van der Waals surface area contributed by atoms with Crippen molar-refractivity contribution in [1.82, 2.24) is 16.0 Å². The van der Waals surface area contributed by atoms with Crippen LogP contribution in [-0.4, -0.2) is 41.1 Å². The molecule has 3 amide bonds. The minimum atomic E-state index is -1.07. The van der Waals surface area contributed by atoms with Crippen LogP contribution < -0.4 is 16.0 Å². The number of carbonyl (C=O) groups is 3. The van der Waals surface area contributed by atoms with Crippen molar-refractivity contribution in [1.29, 1.82) is 0 Å². The van der Waals surface area contributed by atoms with Gasteiger partial charge < -0.3 is 21.1 Å². The van der Waals surface area contributed by atoms with Crippen LogP contribution >= 0.6 is 0 Å². The van der Waals surface area contributed by atoms with Crippen molar-refractivity contribution < 1.29 is 19.5 Å². The van der Waals surface area contributed by atoms with E-state index < -0.39 is 24.1 Å². The van der Waals surface area contributed by atoms with Crippen molar-refractivity contribution in [2.75, 3.05) is 0 Å². The van der Waals surface area contributed by atoms with Crippen molar-refractivity contribution in [2.24, 2.45) is 0 Å². The number of carboxylic acid groups (broad SMARTS) is 1. The number of unbranched alkanes of at least 4 members (excludes halogenated alkanes) is 1. The molecule has 7 nitrogen and oxygen atoms in total. The molecule has 4 N–H and O–H groups in total. The number of urea groups is 1. The normalized spacial score (nSPS) is 16.9. The Morgan fingerprint density at radius 2 is 1.90 bits per heavy atom. The van der Waals surface area contributed by atoms with Gasteiger partial charge in [-0.15, -0.1) is 0 Å². The lowest BCUT2D eigenvalue weighted by atomic mass is 10.1. The second kappa shape index (κ2) is 7.72. The van der Waals surface area contributed by atoms with Crippen LogP contribution in [0.4, 0.5) is 4.79 Å². The standard InChI is InChI=1S/C13H23N3O4/c1-3-4-5-10(12(18)19)16-13(20)14-8(2)11(17)15-9-6-7-9/h8-10H,3-7H2,1-2H3,(H,15,17)(H,18,19)(H2,14,16,20)/t8?,10-/m0/s1. The molecule has 1 saturated carbocycles. The van der Waals surface area contributed by atoms with E-state index in [-0.39, 0.29) is 11.9 Å². The largest absolute Gasteiger partial charge is 0.480 e. The first-order chi connectivity index (χ1) is 9.43. The molecule has 1 rings (SSSR count). The van der Waals surface area contributed by atoms with Gasteiger partial charge in [0.05, 0.1) is 0 Å². The fraction of sp³-hybridized carbons (Fsp3) is 0.769. The summed E-state index contributed by atoms with van der Waals surface area (Å²) in [5.74, 6) is -1.31. The van der Waals surface area contributed by atoms with E-state index in [4.69, 9.17) is 5.11 Å². The van der Waals surface area contributed by atoms with E-state index >= 15 is 0 Å². The highest BCUT2D eigenvalue weighted by molar-refractivity contribution is 5.88. The lowest BCUT2D eigenvalue weighted by Gasteiger charge is -2.18. The molecule has 1 aliphatic rings. The third kappa shape index (κ3) is 5.90. The van der Waals surface area contributed by atoms with Gasteiger partial charge in [-0.2, -0.15) is 0 Å². The zero-order valence-corrected chi connectivity index (χ0v) is 11.9. The molecule has 0 heterocycles. The lowest BCUT2D eigenvalue weighted by Crippen LogP contribution is -2.52. The molecule has 0 aromatic heterocycles. The molecule has 0 spiro atoms. The topological polar surface area (TPSA) is 108 Å². The van der Waals surface area contributed by atoms with Crippen molar-refractivity contribution in [3.63, 3.8) is 0 Å². The molecular formula is C13H23N3O4. The van der Waals surface area contributed by atoms with E-state index in [1.807, 2.05) is 6.92 Å². The second-order valence-electron chi connectivity index (χ2n) is 5.16. The van der Waals surface area contributed by atoms with Gasteiger partial charge in [-0.05, 0) is 26.2 Å². The molecule has 0 aromatic carbocycles. The second-order valence-corrected chi connectivity index (χ2v) is 5.16. The third-order valence-electron chi connectivity index (χ3n) is 3.11. The Balaban J connectivity index is 2.35. The number of carboxylic acids is 1. The summed E-state index contributed by atoms with van der Waals surface area (Å²) < 4.78 is 0. The quantitative estimate of drug-likeness (QED) is 0.523. The first-order valence-corrected chi connectivity index (χ1v) is 7.04. The van der Waals surface area contributed by atoms with Crippen LogP contribution in [0.5, 0.6) is 0 Å². The molecule has 1 fully saturated rings. The summed E-state index contributed by atoms with van der Waals surface area (Å²) in [6.45, 7) is 3.52. The van der Waals surface area contributed by atoms with E-state index in [1.165, 1.54) is 0 Å². The maximum atomic E-state index is 11.7. The zero-order valence-electron chi connectivity index (χ0n) is 11.9. The fourth-order valence-corrected chi connectivity index (χ4v) is 1.68. The number of hydrogen-bond acceptors (Lipinski definition) is 3.